The van der Waals surface area contributed by atoms with Crippen molar-refractivity contribution >= 4 is 0 Å². The standard InChI is InChI=1S/C12H16O4.C8H10O3.C7H7FO/c13-5-8-2-1-7-3-9(6-14)11(15)4-10(7)12(8)16;1-10-6-4-3-5-7(11-2)8(6)9;8-6-9-7-4-2-1-3-5-7/h3-4,8,12-16H,1-2,5-6H2;3-5,9H,1-2H3;1-5H,6H2. The third-order valence-electron chi connectivity index (χ3n) is 5.66. The molecule has 0 aromatic heterocycles. The van der Waals surface area contributed by atoms with Crippen LogP contribution in [-0.4, -0.2) is 53.2 Å². The van der Waals surface area contributed by atoms with E-state index in [1.54, 1.807) is 48.5 Å². The van der Waals surface area contributed by atoms with Crippen LogP contribution in [-0.2, 0) is 13.0 Å². The highest BCUT2D eigenvalue weighted by atomic mass is 19.1. The molecule has 0 bridgehead atoms. The molecule has 4 rings (SSSR count). The largest absolute Gasteiger partial charge is 0.508 e. The first-order valence-electron chi connectivity index (χ1n) is 11.3. The minimum Gasteiger partial charge on any atom is -0.508 e. The molecule has 0 spiro atoms. The van der Waals surface area contributed by atoms with Gasteiger partial charge in [0.2, 0.25) is 12.6 Å². The van der Waals surface area contributed by atoms with Gasteiger partial charge in [-0.25, -0.2) is 4.39 Å². The highest BCUT2D eigenvalue weighted by Crippen LogP contribution is 2.37. The van der Waals surface area contributed by atoms with E-state index in [9.17, 15) is 19.7 Å². The number of aryl methyl sites for hydroxylation is 1. The number of ether oxygens (including phenoxy) is 3. The van der Waals surface area contributed by atoms with Crippen LogP contribution in [0.2, 0.25) is 0 Å². The summed E-state index contributed by atoms with van der Waals surface area (Å²) < 4.78 is 25.7. The second kappa shape index (κ2) is 14.8. The van der Waals surface area contributed by atoms with Crippen LogP contribution < -0.4 is 14.2 Å². The van der Waals surface area contributed by atoms with Gasteiger partial charge >= 0.3 is 0 Å². The van der Waals surface area contributed by atoms with Gasteiger partial charge in [0.25, 0.3) is 0 Å². The summed E-state index contributed by atoms with van der Waals surface area (Å²) in [6, 6.07) is 17.2. The zero-order valence-electron chi connectivity index (χ0n) is 20.3. The highest BCUT2D eigenvalue weighted by Gasteiger charge is 2.28. The number of halogens is 1. The number of alkyl halides is 1. The van der Waals surface area contributed by atoms with Crippen LogP contribution >= 0.6 is 0 Å². The van der Waals surface area contributed by atoms with Gasteiger partial charge in [0, 0.05) is 18.1 Å². The predicted octanol–water partition coefficient (Wildman–Crippen LogP) is 3.87. The summed E-state index contributed by atoms with van der Waals surface area (Å²) in [5.41, 5.74) is 2.09. The molecule has 196 valence electrons. The lowest BCUT2D eigenvalue weighted by Crippen LogP contribution is -2.23. The third kappa shape index (κ3) is 7.74. The van der Waals surface area contributed by atoms with Crippen molar-refractivity contribution in [2.45, 2.75) is 25.6 Å². The second-order valence-electron chi connectivity index (χ2n) is 7.84. The molecule has 1 aliphatic carbocycles. The molecule has 9 heteroatoms. The van der Waals surface area contributed by atoms with Crippen molar-refractivity contribution < 1.29 is 44.1 Å². The summed E-state index contributed by atoms with van der Waals surface area (Å²) in [5.74, 6) is 1.29. The van der Waals surface area contributed by atoms with Crippen molar-refractivity contribution in [1.82, 2.24) is 0 Å². The smallest absolute Gasteiger partial charge is 0.228 e. The van der Waals surface area contributed by atoms with Gasteiger partial charge in [-0.15, -0.1) is 0 Å². The average molecular weight is 505 g/mol. The number of phenols is 2. The number of benzene rings is 3. The van der Waals surface area contributed by atoms with E-state index in [0.29, 0.717) is 28.4 Å². The molecule has 0 fully saturated rings. The molecule has 0 saturated carbocycles. The Bertz CT molecular complexity index is 1040. The van der Waals surface area contributed by atoms with Gasteiger partial charge in [0.05, 0.1) is 26.9 Å². The molecule has 5 N–H and O–H groups in total. The van der Waals surface area contributed by atoms with E-state index in [4.69, 9.17) is 19.7 Å². The number of fused-ring (bicyclic) bond motifs is 1. The number of rotatable bonds is 6. The van der Waals surface area contributed by atoms with Crippen LogP contribution in [0.15, 0.2) is 60.7 Å². The summed E-state index contributed by atoms with van der Waals surface area (Å²) in [7, 11) is 2.99. The Morgan fingerprint density at radius 1 is 0.917 bits per heavy atom. The molecule has 3 aromatic rings. The quantitative estimate of drug-likeness (QED) is 0.342. The number of phenolic OH excluding ortho intramolecular Hbond substituents is 1. The van der Waals surface area contributed by atoms with Crippen LogP contribution in [0, 0.1) is 5.92 Å². The minimum absolute atomic E-state index is 0.00103. The molecule has 8 nitrogen and oxygen atoms in total. The zero-order valence-corrected chi connectivity index (χ0v) is 20.3. The van der Waals surface area contributed by atoms with Gasteiger partial charge in [-0.1, -0.05) is 24.3 Å². The van der Waals surface area contributed by atoms with Gasteiger partial charge < -0.3 is 39.7 Å². The number of para-hydroxylation sites is 2. The van der Waals surface area contributed by atoms with Gasteiger partial charge in [-0.2, -0.15) is 0 Å². The summed E-state index contributed by atoms with van der Waals surface area (Å²) >= 11 is 0. The number of aromatic hydroxyl groups is 2. The molecular weight excluding hydrogens is 471 g/mol. The second-order valence-corrected chi connectivity index (χ2v) is 7.84. The van der Waals surface area contributed by atoms with E-state index in [0.717, 1.165) is 18.4 Å². The van der Waals surface area contributed by atoms with Crippen molar-refractivity contribution in [3.63, 3.8) is 0 Å². The van der Waals surface area contributed by atoms with E-state index in [2.05, 4.69) is 4.74 Å². The van der Waals surface area contributed by atoms with E-state index in [1.165, 1.54) is 20.3 Å². The lowest BCUT2D eigenvalue weighted by Gasteiger charge is -2.29. The minimum atomic E-state index is -0.760. The fourth-order valence-electron chi connectivity index (χ4n) is 3.67. The number of hydrogen-bond acceptors (Lipinski definition) is 8. The maximum Gasteiger partial charge on any atom is 0.228 e. The Balaban J connectivity index is 0.000000200. The monoisotopic (exact) mass is 504 g/mol. The third-order valence-corrected chi connectivity index (χ3v) is 5.66. The molecule has 36 heavy (non-hydrogen) atoms. The van der Waals surface area contributed by atoms with Crippen molar-refractivity contribution in [3.8, 4) is 28.7 Å². The molecule has 2 unspecified atom stereocenters. The molecule has 0 radical (unpaired) electrons. The maximum atomic E-state index is 11.5. The Kier molecular flexibility index (Phi) is 11.8. The first-order chi connectivity index (χ1) is 17.4. The number of hydrogen-bond donors (Lipinski definition) is 5. The van der Waals surface area contributed by atoms with E-state index in [-0.39, 0.29) is 30.6 Å². The maximum absolute atomic E-state index is 11.5. The van der Waals surface area contributed by atoms with Gasteiger partial charge in [0.1, 0.15) is 11.5 Å². The van der Waals surface area contributed by atoms with Gasteiger partial charge in [0.15, 0.2) is 11.5 Å². The Hall–Kier alpha value is -3.53. The summed E-state index contributed by atoms with van der Waals surface area (Å²) in [6.07, 6.45) is 0.748. The highest BCUT2D eigenvalue weighted by molar-refractivity contribution is 5.49. The molecule has 0 heterocycles. The van der Waals surface area contributed by atoms with E-state index in [1.807, 2.05) is 6.07 Å². The number of methoxy groups -OCH3 is 2. The van der Waals surface area contributed by atoms with Crippen molar-refractivity contribution in [2.24, 2.45) is 5.92 Å². The molecule has 0 saturated heterocycles. The molecule has 3 aromatic carbocycles. The fourth-order valence-corrected chi connectivity index (χ4v) is 3.67. The summed E-state index contributed by atoms with van der Waals surface area (Å²) in [6.45, 7) is -1.02. The van der Waals surface area contributed by atoms with Crippen molar-refractivity contribution in [1.29, 1.82) is 0 Å². The normalized spacial score (nSPS) is 15.8. The Labute approximate surface area is 209 Å². The summed E-state index contributed by atoms with van der Waals surface area (Å²) in [5, 5.41) is 47.0. The Morgan fingerprint density at radius 3 is 2.08 bits per heavy atom. The van der Waals surface area contributed by atoms with Crippen LogP contribution in [0.1, 0.15) is 29.2 Å². The van der Waals surface area contributed by atoms with Crippen LogP contribution in [0.5, 0.6) is 28.7 Å². The molecular formula is C27H33FO8. The topological polar surface area (TPSA) is 129 Å². The first kappa shape index (κ1) is 28.7. The molecule has 0 aliphatic heterocycles. The van der Waals surface area contributed by atoms with Crippen LogP contribution in [0.4, 0.5) is 4.39 Å². The molecule has 1 aliphatic rings. The van der Waals surface area contributed by atoms with E-state index < -0.39 is 13.0 Å². The van der Waals surface area contributed by atoms with Crippen LogP contribution in [0.3, 0.4) is 0 Å². The predicted molar refractivity (Wildman–Crippen MR) is 132 cm³/mol. The molecule has 0 amide bonds. The zero-order chi connectivity index (χ0) is 26.5. The van der Waals surface area contributed by atoms with Gasteiger partial charge in [-0.05, 0) is 60.4 Å². The van der Waals surface area contributed by atoms with E-state index >= 15 is 0 Å². The Morgan fingerprint density at radius 2 is 1.56 bits per heavy atom. The van der Waals surface area contributed by atoms with Crippen molar-refractivity contribution in [2.75, 3.05) is 27.7 Å². The van der Waals surface area contributed by atoms with Gasteiger partial charge in [-0.3, -0.25) is 0 Å². The summed E-state index contributed by atoms with van der Waals surface area (Å²) in [4.78, 5) is 0. The molecule has 2 atom stereocenters. The lowest BCUT2D eigenvalue weighted by atomic mass is 9.81. The lowest BCUT2D eigenvalue weighted by molar-refractivity contribution is 0.0540. The van der Waals surface area contributed by atoms with Crippen molar-refractivity contribution in [3.05, 3.63) is 77.4 Å². The SMILES string of the molecule is COc1cccc(OC)c1O.FCOc1ccccc1.OCc1cc2c(cc1O)C(O)C(CO)CC2. The number of aliphatic hydroxyl groups is 3. The fraction of sp³-hybridized carbons (Fsp3) is 0.333. The van der Waals surface area contributed by atoms with Crippen LogP contribution in [0.25, 0.3) is 0 Å². The number of aliphatic hydroxyl groups excluding tert-OH is 3. The first-order valence-corrected chi connectivity index (χ1v) is 11.3. The average Bonchev–Trinajstić information content (AvgIpc) is 2.91.